The van der Waals surface area contributed by atoms with Crippen molar-refractivity contribution >= 4 is 21.7 Å². The fraction of sp³-hybridized carbons (Fsp3) is 0.333. The molecule has 0 saturated heterocycles. The molecule has 0 bridgehead atoms. The zero-order chi connectivity index (χ0) is 12.1. The van der Waals surface area contributed by atoms with Gasteiger partial charge in [0.1, 0.15) is 5.82 Å². The maximum absolute atomic E-state index is 12.6. The summed E-state index contributed by atoms with van der Waals surface area (Å²) in [6, 6.07) is 2.60. The van der Waals surface area contributed by atoms with E-state index in [-0.39, 0.29) is 4.90 Å². The Hall–Kier alpha value is -0.420. The van der Waals surface area contributed by atoms with E-state index < -0.39 is 17.6 Å². The van der Waals surface area contributed by atoms with E-state index in [1.165, 1.54) is 6.07 Å². The van der Waals surface area contributed by atoms with Gasteiger partial charge in [-0.15, -0.1) is 0 Å². The number of rotatable bonds is 1. The van der Waals surface area contributed by atoms with Crippen molar-refractivity contribution in [3.8, 4) is 0 Å². The van der Waals surface area contributed by atoms with E-state index in [1.807, 2.05) is 13.8 Å². The SMILES string of the molecule is CC.Fc1ccc(SCl)cc1C(F)(F)F. The van der Waals surface area contributed by atoms with Gasteiger partial charge in [0.2, 0.25) is 0 Å². The molecule has 0 radical (unpaired) electrons. The predicted octanol–water partition coefficient (Wildman–Crippen LogP) is 5.12. The molecule has 0 N–H and O–H groups in total. The maximum Gasteiger partial charge on any atom is 0.419 e. The van der Waals surface area contributed by atoms with Crippen LogP contribution in [0.2, 0.25) is 0 Å². The van der Waals surface area contributed by atoms with Crippen LogP contribution in [0.3, 0.4) is 0 Å². The van der Waals surface area contributed by atoms with Gasteiger partial charge in [0.05, 0.1) is 5.56 Å². The van der Waals surface area contributed by atoms with Crippen LogP contribution in [0.5, 0.6) is 0 Å². The van der Waals surface area contributed by atoms with Crippen molar-refractivity contribution in [1.82, 2.24) is 0 Å². The van der Waals surface area contributed by atoms with Crippen LogP contribution in [0.4, 0.5) is 17.6 Å². The van der Waals surface area contributed by atoms with Crippen LogP contribution in [0.15, 0.2) is 23.1 Å². The second-order valence-corrected chi connectivity index (χ2v) is 3.31. The second kappa shape index (κ2) is 6.23. The Morgan fingerprint density at radius 1 is 1.20 bits per heavy atom. The number of alkyl halides is 3. The van der Waals surface area contributed by atoms with E-state index in [0.717, 1.165) is 6.07 Å². The highest BCUT2D eigenvalue weighted by molar-refractivity contribution is 8.21. The first-order valence-corrected chi connectivity index (χ1v) is 5.75. The Balaban J connectivity index is 0.000000921. The van der Waals surface area contributed by atoms with Gasteiger partial charge in [0, 0.05) is 4.90 Å². The molecule has 0 saturated carbocycles. The molecule has 0 spiro atoms. The average Bonchev–Trinajstić information content (AvgIpc) is 2.20. The van der Waals surface area contributed by atoms with Gasteiger partial charge >= 0.3 is 6.18 Å². The number of halogens is 5. The highest BCUT2D eigenvalue weighted by atomic mass is 35.7. The molecule has 0 aliphatic rings. The minimum absolute atomic E-state index is 0.162. The monoisotopic (exact) mass is 260 g/mol. The van der Waals surface area contributed by atoms with E-state index in [0.29, 0.717) is 17.0 Å². The van der Waals surface area contributed by atoms with E-state index in [2.05, 4.69) is 0 Å². The molecule has 1 aromatic rings. The van der Waals surface area contributed by atoms with Crippen molar-refractivity contribution < 1.29 is 17.6 Å². The normalized spacial score (nSPS) is 10.6. The van der Waals surface area contributed by atoms with Crippen LogP contribution in [0, 0.1) is 5.82 Å². The van der Waals surface area contributed by atoms with Crippen molar-refractivity contribution in [3.63, 3.8) is 0 Å². The molecule has 0 fully saturated rings. The summed E-state index contributed by atoms with van der Waals surface area (Å²) < 4.78 is 48.8. The molecule has 0 aliphatic heterocycles. The lowest BCUT2D eigenvalue weighted by Gasteiger charge is -2.08. The van der Waals surface area contributed by atoms with E-state index >= 15 is 0 Å². The summed E-state index contributed by atoms with van der Waals surface area (Å²) in [5.74, 6) is -1.29. The van der Waals surface area contributed by atoms with Crippen LogP contribution < -0.4 is 0 Å². The third kappa shape index (κ3) is 4.30. The molecule has 0 unspecified atom stereocenters. The first kappa shape index (κ1) is 14.6. The lowest BCUT2D eigenvalue weighted by molar-refractivity contribution is -0.140. The maximum atomic E-state index is 12.6. The summed E-state index contributed by atoms with van der Waals surface area (Å²) >= 11 is 0. The number of hydrogen-bond acceptors (Lipinski definition) is 1. The van der Waals surface area contributed by atoms with Gasteiger partial charge < -0.3 is 0 Å². The molecule has 0 aliphatic carbocycles. The standard InChI is InChI=1S/C7H3ClF4S.C2H6/c8-13-4-1-2-6(9)5(3-4)7(10,11)12;1-2/h1-3H;1-2H3. The third-order valence-corrected chi connectivity index (χ3v) is 2.30. The molecule has 0 heterocycles. The zero-order valence-electron chi connectivity index (χ0n) is 8.03. The predicted molar refractivity (Wildman–Crippen MR) is 54.5 cm³/mol. The average molecular weight is 261 g/mol. The van der Waals surface area contributed by atoms with Crippen molar-refractivity contribution in [1.29, 1.82) is 0 Å². The molecule has 1 rings (SSSR count). The van der Waals surface area contributed by atoms with Crippen molar-refractivity contribution in [3.05, 3.63) is 29.6 Å². The van der Waals surface area contributed by atoms with Gasteiger partial charge in [-0.1, -0.05) is 13.8 Å². The van der Waals surface area contributed by atoms with Gasteiger partial charge in [-0.25, -0.2) is 4.39 Å². The van der Waals surface area contributed by atoms with Crippen LogP contribution in [0.25, 0.3) is 0 Å². The van der Waals surface area contributed by atoms with Gasteiger partial charge in [-0.3, -0.25) is 0 Å². The minimum atomic E-state index is -4.67. The van der Waals surface area contributed by atoms with Gasteiger partial charge in [-0.05, 0) is 39.9 Å². The first-order chi connectivity index (χ1) is 6.95. The minimum Gasteiger partial charge on any atom is -0.206 e. The molecule has 86 valence electrons. The molecular weight excluding hydrogens is 252 g/mol. The highest BCUT2D eigenvalue weighted by Gasteiger charge is 2.34. The van der Waals surface area contributed by atoms with E-state index in [4.69, 9.17) is 10.7 Å². The largest absolute Gasteiger partial charge is 0.419 e. The van der Waals surface area contributed by atoms with Crippen molar-refractivity contribution in [2.45, 2.75) is 24.9 Å². The Morgan fingerprint density at radius 2 is 1.73 bits per heavy atom. The number of benzene rings is 1. The summed E-state index contributed by atoms with van der Waals surface area (Å²) in [6.45, 7) is 4.00. The van der Waals surface area contributed by atoms with Crippen LogP contribution >= 0.6 is 21.7 Å². The van der Waals surface area contributed by atoms with Crippen LogP contribution in [-0.4, -0.2) is 0 Å². The summed E-state index contributed by atoms with van der Waals surface area (Å²) in [6.07, 6.45) is -4.67. The first-order valence-electron chi connectivity index (χ1n) is 4.10. The Labute approximate surface area is 94.1 Å². The summed E-state index contributed by atoms with van der Waals surface area (Å²) in [5, 5.41) is 0. The van der Waals surface area contributed by atoms with Crippen molar-refractivity contribution in [2.75, 3.05) is 0 Å². The third-order valence-electron chi connectivity index (χ3n) is 1.33. The van der Waals surface area contributed by atoms with Crippen LogP contribution in [0.1, 0.15) is 19.4 Å². The molecule has 15 heavy (non-hydrogen) atoms. The Morgan fingerprint density at radius 3 is 2.13 bits per heavy atom. The summed E-state index contributed by atoms with van der Waals surface area (Å²) in [7, 11) is 5.84. The van der Waals surface area contributed by atoms with Gasteiger partial charge in [0.15, 0.2) is 0 Å². The van der Waals surface area contributed by atoms with E-state index in [1.54, 1.807) is 0 Å². The van der Waals surface area contributed by atoms with Gasteiger partial charge in [-0.2, -0.15) is 13.2 Å². The highest BCUT2D eigenvalue weighted by Crippen LogP contribution is 2.34. The molecule has 0 nitrogen and oxygen atoms in total. The summed E-state index contributed by atoms with van der Waals surface area (Å²) in [4.78, 5) is 0.162. The molecule has 6 heteroatoms. The summed E-state index contributed by atoms with van der Waals surface area (Å²) in [5.41, 5.74) is -1.29. The molecular formula is C9H9ClF4S. The quantitative estimate of drug-likeness (QED) is 0.632. The molecule has 0 amide bonds. The zero-order valence-corrected chi connectivity index (χ0v) is 9.60. The number of hydrogen-bond donors (Lipinski definition) is 0. The molecule has 1 aromatic carbocycles. The Kier molecular flexibility index (Phi) is 6.05. The molecule has 0 aromatic heterocycles. The molecule has 0 atom stereocenters. The smallest absolute Gasteiger partial charge is 0.206 e. The lowest BCUT2D eigenvalue weighted by atomic mass is 10.2. The topological polar surface area (TPSA) is 0 Å². The van der Waals surface area contributed by atoms with E-state index in [9.17, 15) is 17.6 Å². The van der Waals surface area contributed by atoms with Crippen molar-refractivity contribution in [2.24, 2.45) is 0 Å². The van der Waals surface area contributed by atoms with Crippen LogP contribution in [-0.2, 0) is 6.18 Å². The fourth-order valence-corrected chi connectivity index (χ4v) is 1.34. The van der Waals surface area contributed by atoms with Gasteiger partial charge in [0.25, 0.3) is 0 Å². The Bertz CT molecular complexity index is 311. The second-order valence-electron chi connectivity index (χ2n) is 2.22. The lowest BCUT2D eigenvalue weighted by Crippen LogP contribution is -2.07. The fourth-order valence-electron chi connectivity index (χ4n) is 0.770.